The molecule has 4 aromatic rings. The number of H-pyrrole nitrogens is 1. The maximum Gasteiger partial charge on any atom is 0.256 e. The maximum atomic E-state index is 12.4. The predicted molar refractivity (Wildman–Crippen MR) is 112 cm³/mol. The van der Waals surface area contributed by atoms with E-state index in [0.717, 1.165) is 38.8 Å². The topological polar surface area (TPSA) is 70.7 Å². The number of carbonyl (C=O) groups excluding carboxylic acids is 1. The third kappa shape index (κ3) is 2.89. The van der Waals surface area contributed by atoms with Gasteiger partial charge in [0.2, 0.25) is 0 Å². The van der Waals surface area contributed by atoms with Crippen molar-refractivity contribution in [3.05, 3.63) is 89.4 Å². The summed E-state index contributed by atoms with van der Waals surface area (Å²) in [4.78, 5) is 16.5. The number of rotatable bonds is 3. The lowest BCUT2D eigenvalue weighted by Gasteiger charge is -2.03. The highest BCUT2D eigenvalue weighted by Gasteiger charge is 2.23. The zero-order chi connectivity index (χ0) is 18.9. The van der Waals surface area contributed by atoms with Gasteiger partial charge in [-0.3, -0.25) is 14.9 Å². The Morgan fingerprint density at radius 1 is 0.929 bits per heavy atom. The molecule has 1 aliphatic rings. The van der Waals surface area contributed by atoms with Crippen LogP contribution in [0.4, 0.5) is 5.69 Å². The molecule has 134 valence electrons. The second-order valence-electron chi connectivity index (χ2n) is 6.61. The molecule has 0 saturated carbocycles. The standard InChI is InChI=1S/C23H16N4O/c28-23-19(18-3-1-2-4-21(18)26-23)12-16-11-17(20-14-25-27-22(20)13-16)6-5-15-7-9-24-10-8-15/h1-14H,(H,25,27)(H,26,28)/b6-5+,19-12-. The van der Waals surface area contributed by atoms with Gasteiger partial charge in [0.25, 0.3) is 5.91 Å². The number of aromatic nitrogens is 3. The molecule has 1 amide bonds. The van der Waals surface area contributed by atoms with E-state index in [2.05, 4.69) is 32.6 Å². The highest BCUT2D eigenvalue weighted by Crippen LogP contribution is 2.33. The van der Waals surface area contributed by atoms with E-state index in [1.807, 2.05) is 60.8 Å². The minimum atomic E-state index is -0.0835. The van der Waals surface area contributed by atoms with E-state index < -0.39 is 0 Å². The molecule has 5 heteroatoms. The van der Waals surface area contributed by atoms with Crippen molar-refractivity contribution >= 4 is 46.3 Å². The molecule has 3 heterocycles. The molecule has 2 aromatic carbocycles. The van der Waals surface area contributed by atoms with Gasteiger partial charge in [0, 0.05) is 34.6 Å². The number of hydrogen-bond acceptors (Lipinski definition) is 3. The van der Waals surface area contributed by atoms with E-state index in [-0.39, 0.29) is 5.91 Å². The van der Waals surface area contributed by atoms with Crippen LogP contribution in [-0.2, 0) is 4.79 Å². The molecule has 0 atom stereocenters. The van der Waals surface area contributed by atoms with Gasteiger partial charge in [0.1, 0.15) is 0 Å². The number of hydrogen-bond donors (Lipinski definition) is 2. The Bertz CT molecular complexity index is 1250. The summed E-state index contributed by atoms with van der Waals surface area (Å²) in [6.07, 6.45) is 11.4. The van der Waals surface area contributed by atoms with E-state index in [1.54, 1.807) is 12.4 Å². The molecule has 28 heavy (non-hydrogen) atoms. The van der Waals surface area contributed by atoms with Crippen molar-refractivity contribution in [3.8, 4) is 0 Å². The quantitative estimate of drug-likeness (QED) is 0.521. The van der Waals surface area contributed by atoms with Crippen LogP contribution >= 0.6 is 0 Å². The molecule has 0 unspecified atom stereocenters. The molecule has 5 rings (SSSR count). The molecule has 0 radical (unpaired) electrons. The van der Waals surface area contributed by atoms with Crippen LogP contribution < -0.4 is 5.32 Å². The number of amides is 1. The van der Waals surface area contributed by atoms with Gasteiger partial charge in [0.15, 0.2) is 0 Å². The number of nitrogens with one attached hydrogen (secondary N) is 2. The summed E-state index contributed by atoms with van der Waals surface area (Å²) in [5.41, 5.74) is 6.40. The first-order valence-electron chi connectivity index (χ1n) is 8.96. The number of pyridine rings is 1. The molecule has 2 N–H and O–H groups in total. The Morgan fingerprint density at radius 2 is 1.79 bits per heavy atom. The average Bonchev–Trinajstić information content (AvgIpc) is 3.32. The fourth-order valence-electron chi connectivity index (χ4n) is 3.43. The smallest absolute Gasteiger partial charge is 0.256 e. The van der Waals surface area contributed by atoms with E-state index >= 15 is 0 Å². The van der Waals surface area contributed by atoms with Gasteiger partial charge in [-0.1, -0.05) is 30.4 Å². The first-order valence-corrected chi connectivity index (χ1v) is 8.96. The summed E-state index contributed by atoms with van der Waals surface area (Å²) in [6.45, 7) is 0. The SMILES string of the molecule is O=C1Nc2ccccc2/C1=C/c1cc(/C=C/c2ccncc2)c2cn[nH]c2c1. The van der Waals surface area contributed by atoms with Crippen molar-refractivity contribution in [1.82, 2.24) is 15.2 Å². The highest BCUT2D eigenvalue weighted by molar-refractivity contribution is 6.35. The number of para-hydroxylation sites is 1. The van der Waals surface area contributed by atoms with Crippen molar-refractivity contribution in [2.45, 2.75) is 0 Å². The van der Waals surface area contributed by atoms with Gasteiger partial charge in [0.05, 0.1) is 11.7 Å². The van der Waals surface area contributed by atoms with Crippen LogP contribution in [0.2, 0.25) is 0 Å². The summed E-state index contributed by atoms with van der Waals surface area (Å²) in [5, 5.41) is 11.1. The van der Waals surface area contributed by atoms with Crippen molar-refractivity contribution in [2.75, 3.05) is 5.32 Å². The zero-order valence-corrected chi connectivity index (χ0v) is 14.9. The molecule has 0 aliphatic carbocycles. The lowest BCUT2D eigenvalue weighted by molar-refractivity contribution is -0.110. The monoisotopic (exact) mass is 364 g/mol. The van der Waals surface area contributed by atoms with Crippen molar-refractivity contribution in [1.29, 1.82) is 0 Å². The summed E-state index contributed by atoms with van der Waals surface area (Å²) in [7, 11) is 0. The van der Waals surface area contributed by atoms with Gasteiger partial charge in [-0.05, 0) is 53.1 Å². The van der Waals surface area contributed by atoms with Gasteiger partial charge in [-0.15, -0.1) is 0 Å². The van der Waals surface area contributed by atoms with Gasteiger partial charge in [-0.2, -0.15) is 5.10 Å². The molecular weight excluding hydrogens is 348 g/mol. The molecule has 5 nitrogen and oxygen atoms in total. The molecule has 1 aliphatic heterocycles. The first kappa shape index (κ1) is 16.2. The van der Waals surface area contributed by atoms with Crippen LogP contribution in [0, 0.1) is 0 Å². The number of anilines is 1. The minimum absolute atomic E-state index is 0.0835. The lowest BCUT2D eigenvalue weighted by Crippen LogP contribution is -2.03. The van der Waals surface area contributed by atoms with E-state index in [0.29, 0.717) is 5.57 Å². The summed E-state index contributed by atoms with van der Waals surface area (Å²) in [6, 6.07) is 15.7. The van der Waals surface area contributed by atoms with Crippen LogP contribution in [0.3, 0.4) is 0 Å². The van der Waals surface area contributed by atoms with Crippen molar-refractivity contribution in [3.63, 3.8) is 0 Å². The Balaban J connectivity index is 1.60. The van der Waals surface area contributed by atoms with Gasteiger partial charge >= 0.3 is 0 Å². The average molecular weight is 364 g/mol. The second-order valence-corrected chi connectivity index (χ2v) is 6.61. The molecule has 0 spiro atoms. The highest BCUT2D eigenvalue weighted by atomic mass is 16.2. The van der Waals surface area contributed by atoms with Crippen LogP contribution in [-0.4, -0.2) is 21.1 Å². The summed E-state index contributed by atoms with van der Waals surface area (Å²) < 4.78 is 0. The number of carbonyl (C=O) groups is 1. The van der Waals surface area contributed by atoms with E-state index in [4.69, 9.17) is 0 Å². The zero-order valence-electron chi connectivity index (χ0n) is 14.9. The largest absolute Gasteiger partial charge is 0.321 e. The lowest BCUT2D eigenvalue weighted by atomic mass is 10.0. The molecule has 0 bridgehead atoms. The van der Waals surface area contributed by atoms with Crippen molar-refractivity contribution < 1.29 is 4.79 Å². The maximum absolute atomic E-state index is 12.4. The number of fused-ring (bicyclic) bond motifs is 2. The number of aromatic amines is 1. The van der Waals surface area contributed by atoms with Gasteiger partial charge in [-0.25, -0.2) is 0 Å². The Labute approximate surface area is 161 Å². The predicted octanol–water partition coefficient (Wildman–Crippen LogP) is 4.62. The van der Waals surface area contributed by atoms with E-state index in [1.165, 1.54) is 0 Å². The Morgan fingerprint density at radius 3 is 2.68 bits per heavy atom. The van der Waals surface area contributed by atoms with Crippen LogP contribution in [0.15, 0.2) is 67.1 Å². The van der Waals surface area contributed by atoms with Gasteiger partial charge < -0.3 is 5.32 Å². The fourth-order valence-corrected chi connectivity index (χ4v) is 3.43. The third-order valence-electron chi connectivity index (χ3n) is 4.80. The fraction of sp³-hybridized carbons (Fsp3) is 0. The normalized spacial score (nSPS) is 14.7. The molecule has 0 fully saturated rings. The molecular formula is C23H16N4O. The van der Waals surface area contributed by atoms with Crippen LogP contribution in [0.1, 0.15) is 22.3 Å². The Kier molecular flexibility index (Phi) is 3.84. The first-order chi connectivity index (χ1) is 13.8. The summed E-state index contributed by atoms with van der Waals surface area (Å²) >= 11 is 0. The summed E-state index contributed by atoms with van der Waals surface area (Å²) in [5.74, 6) is -0.0835. The van der Waals surface area contributed by atoms with Crippen molar-refractivity contribution in [2.24, 2.45) is 0 Å². The van der Waals surface area contributed by atoms with Crippen LogP contribution in [0.25, 0.3) is 34.7 Å². The minimum Gasteiger partial charge on any atom is -0.321 e. The van der Waals surface area contributed by atoms with Crippen LogP contribution in [0.5, 0.6) is 0 Å². The molecule has 0 saturated heterocycles. The second kappa shape index (κ2) is 6.63. The van der Waals surface area contributed by atoms with E-state index in [9.17, 15) is 4.79 Å². The molecule has 2 aromatic heterocycles. The number of nitrogens with zero attached hydrogens (tertiary/aromatic N) is 2. The Hall–Kier alpha value is -3.99. The number of benzene rings is 2. The third-order valence-corrected chi connectivity index (χ3v) is 4.80.